The zero-order chi connectivity index (χ0) is 24.0. The molecule has 0 aliphatic rings. The van der Waals surface area contributed by atoms with Gasteiger partial charge in [-0.2, -0.15) is 15.3 Å². The molecule has 0 aliphatic carbocycles. The molecule has 0 saturated heterocycles. The van der Waals surface area contributed by atoms with Crippen molar-refractivity contribution in [2.75, 3.05) is 5.32 Å². The second-order valence-corrected chi connectivity index (χ2v) is 8.48. The molecule has 0 unspecified atom stereocenters. The van der Waals surface area contributed by atoms with Gasteiger partial charge < -0.3 is 5.32 Å². The van der Waals surface area contributed by atoms with Crippen LogP contribution < -0.4 is 5.32 Å². The quantitative estimate of drug-likeness (QED) is 0.435. The number of carbonyl (C=O) groups is 1. The summed E-state index contributed by atoms with van der Waals surface area (Å²) in [5, 5.41) is 16.5. The van der Waals surface area contributed by atoms with Gasteiger partial charge in [0.1, 0.15) is 0 Å². The van der Waals surface area contributed by atoms with Crippen LogP contribution in [0.3, 0.4) is 0 Å². The average molecular weight is 455 g/mol. The fourth-order valence-electron chi connectivity index (χ4n) is 4.12. The molecule has 9 heteroatoms. The number of rotatable bonds is 5. The van der Waals surface area contributed by atoms with E-state index in [4.69, 9.17) is 0 Å². The first kappa shape index (κ1) is 21.6. The summed E-state index contributed by atoms with van der Waals surface area (Å²) in [6, 6.07) is 11.8. The highest BCUT2D eigenvalue weighted by Gasteiger charge is 2.20. The van der Waals surface area contributed by atoms with Crippen molar-refractivity contribution in [2.45, 2.75) is 34.2 Å². The van der Waals surface area contributed by atoms with Crippen molar-refractivity contribution in [3.8, 4) is 11.3 Å². The molecule has 1 aromatic carbocycles. The van der Waals surface area contributed by atoms with Crippen LogP contribution in [-0.4, -0.2) is 40.1 Å². The van der Waals surface area contributed by atoms with Gasteiger partial charge in [0, 0.05) is 30.6 Å². The van der Waals surface area contributed by atoms with E-state index in [0.717, 1.165) is 28.3 Å². The van der Waals surface area contributed by atoms with E-state index >= 15 is 0 Å². The summed E-state index contributed by atoms with van der Waals surface area (Å²) >= 11 is 0. The largest absolute Gasteiger partial charge is 0.317 e. The molecule has 1 amide bonds. The van der Waals surface area contributed by atoms with Crippen molar-refractivity contribution >= 4 is 17.2 Å². The fourth-order valence-corrected chi connectivity index (χ4v) is 4.12. The van der Waals surface area contributed by atoms with Crippen molar-refractivity contribution < 1.29 is 4.79 Å². The number of amides is 1. The van der Waals surface area contributed by atoms with Gasteiger partial charge in [0.15, 0.2) is 11.3 Å². The third-order valence-electron chi connectivity index (χ3n) is 6.30. The molecule has 9 nitrogen and oxygen atoms in total. The maximum Gasteiger partial charge on any atom is 0.276 e. The number of nitrogens with one attached hydrogen (secondary N) is 1. The zero-order valence-corrected chi connectivity index (χ0v) is 19.9. The van der Waals surface area contributed by atoms with Crippen LogP contribution in [0.15, 0.2) is 48.8 Å². The Morgan fingerprint density at radius 2 is 1.82 bits per heavy atom. The predicted molar refractivity (Wildman–Crippen MR) is 130 cm³/mol. The summed E-state index contributed by atoms with van der Waals surface area (Å²) in [5.74, 6) is -0.305. The van der Waals surface area contributed by atoms with E-state index in [0.29, 0.717) is 17.9 Å². The molecule has 172 valence electrons. The van der Waals surface area contributed by atoms with E-state index in [1.165, 1.54) is 11.1 Å². The third kappa shape index (κ3) is 3.64. The smallest absolute Gasteiger partial charge is 0.276 e. The monoisotopic (exact) mass is 454 g/mol. The molecule has 4 heterocycles. The Hall–Kier alpha value is -4.27. The van der Waals surface area contributed by atoms with Gasteiger partial charge in [-0.15, -0.1) is 0 Å². The minimum absolute atomic E-state index is 0.284. The number of benzene rings is 1. The summed E-state index contributed by atoms with van der Waals surface area (Å²) < 4.78 is 5.40. The maximum atomic E-state index is 13.2. The van der Waals surface area contributed by atoms with Gasteiger partial charge in [0.2, 0.25) is 0 Å². The highest BCUT2D eigenvalue weighted by atomic mass is 16.2. The normalized spacial score (nSPS) is 11.3. The Balaban J connectivity index is 1.44. The van der Waals surface area contributed by atoms with Crippen LogP contribution in [0, 0.1) is 27.7 Å². The van der Waals surface area contributed by atoms with Crippen LogP contribution in [-0.2, 0) is 13.6 Å². The number of nitrogens with zero attached hydrogens (tertiary/aromatic N) is 7. The Morgan fingerprint density at radius 3 is 2.56 bits per heavy atom. The molecule has 0 bridgehead atoms. The number of aromatic nitrogens is 7. The molecule has 0 aliphatic heterocycles. The first-order valence-electron chi connectivity index (χ1n) is 11.1. The minimum Gasteiger partial charge on any atom is -0.317 e. The van der Waals surface area contributed by atoms with Crippen LogP contribution in [0.4, 0.5) is 5.69 Å². The van der Waals surface area contributed by atoms with Gasteiger partial charge in [-0.3, -0.25) is 14.2 Å². The highest BCUT2D eigenvalue weighted by molar-refractivity contribution is 6.04. The summed E-state index contributed by atoms with van der Waals surface area (Å²) in [5.41, 5.74) is 8.39. The number of fused-ring (bicyclic) bond motifs is 1. The van der Waals surface area contributed by atoms with Crippen LogP contribution in [0.1, 0.15) is 38.7 Å². The standard InChI is InChI=1S/C25H26N8O/c1-15-8-6-7-9-19(15)14-32-18(4)24(16(2)29-32)28-25(34)21-12-23-26-11-10-22(33(23)30-21)20-13-27-31(5)17(20)3/h6-13H,14H2,1-5H3,(H,28,34). The lowest BCUT2D eigenvalue weighted by Crippen LogP contribution is -2.14. The van der Waals surface area contributed by atoms with Crippen molar-refractivity contribution in [3.63, 3.8) is 0 Å². The lowest BCUT2D eigenvalue weighted by Gasteiger charge is -2.08. The van der Waals surface area contributed by atoms with Gasteiger partial charge in [-0.25, -0.2) is 9.50 Å². The number of hydrogen-bond acceptors (Lipinski definition) is 5. The average Bonchev–Trinajstić information content (AvgIpc) is 3.48. The van der Waals surface area contributed by atoms with E-state index in [2.05, 4.69) is 44.7 Å². The molecule has 4 aromatic heterocycles. The number of carbonyl (C=O) groups excluding carboxylic acids is 1. The Morgan fingerprint density at radius 1 is 1.03 bits per heavy atom. The van der Waals surface area contributed by atoms with E-state index < -0.39 is 0 Å². The van der Waals surface area contributed by atoms with E-state index in [9.17, 15) is 4.79 Å². The molecule has 34 heavy (non-hydrogen) atoms. The van der Waals surface area contributed by atoms with Crippen LogP contribution in [0.25, 0.3) is 16.9 Å². The van der Waals surface area contributed by atoms with Gasteiger partial charge in [0.25, 0.3) is 5.91 Å². The lowest BCUT2D eigenvalue weighted by molar-refractivity contribution is 0.102. The molecular formula is C25H26N8O. The molecule has 0 fully saturated rings. The third-order valence-corrected chi connectivity index (χ3v) is 6.30. The first-order valence-corrected chi connectivity index (χ1v) is 11.1. The highest BCUT2D eigenvalue weighted by Crippen LogP contribution is 2.25. The zero-order valence-electron chi connectivity index (χ0n) is 19.9. The molecule has 1 N–H and O–H groups in total. The Labute approximate surface area is 197 Å². The SMILES string of the molecule is Cc1ccccc1Cn1nc(C)c(NC(=O)c2cc3nccc(-c4cnn(C)c4C)n3n2)c1C. The lowest BCUT2D eigenvalue weighted by atomic mass is 10.1. The van der Waals surface area contributed by atoms with Crippen LogP contribution in [0.2, 0.25) is 0 Å². The maximum absolute atomic E-state index is 13.2. The summed E-state index contributed by atoms with van der Waals surface area (Å²) in [4.78, 5) is 17.5. The van der Waals surface area contributed by atoms with E-state index in [1.54, 1.807) is 27.7 Å². The molecule has 0 atom stereocenters. The van der Waals surface area contributed by atoms with Gasteiger partial charge in [0.05, 0.1) is 35.5 Å². The molecule has 0 spiro atoms. The fraction of sp³-hybridized carbons (Fsp3) is 0.240. The Bertz CT molecular complexity index is 1540. The molecular weight excluding hydrogens is 428 g/mol. The van der Waals surface area contributed by atoms with Crippen molar-refractivity contribution in [3.05, 3.63) is 82.7 Å². The minimum atomic E-state index is -0.305. The van der Waals surface area contributed by atoms with Gasteiger partial charge >= 0.3 is 0 Å². The molecule has 5 rings (SSSR count). The van der Waals surface area contributed by atoms with Crippen LogP contribution >= 0.6 is 0 Å². The van der Waals surface area contributed by atoms with Crippen LogP contribution in [0.5, 0.6) is 0 Å². The van der Waals surface area contributed by atoms with Crippen molar-refractivity contribution in [1.82, 2.24) is 34.2 Å². The summed E-state index contributed by atoms with van der Waals surface area (Å²) in [7, 11) is 1.89. The molecule has 0 radical (unpaired) electrons. The van der Waals surface area contributed by atoms with Gasteiger partial charge in [-0.1, -0.05) is 24.3 Å². The summed E-state index contributed by atoms with van der Waals surface area (Å²) in [6.45, 7) is 8.57. The number of hydrogen-bond donors (Lipinski definition) is 1. The first-order chi connectivity index (χ1) is 16.3. The van der Waals surface area contributed by atoms with E-state index in [-0.39, 0.29) is 11.6 Å². The number of anilines is 1. The Kier molecular flexibility index (Phi) is 5.24. The second-order valence-electron chi connectivity index (χ2n) is 8.48. The topological polar surface area (TPSA) is 94.9 Å². The summed E-state index contributed by atoms with van der Waals surface area (Å²) in [6.07, 6.45) is 3.51. The van der Waals surface area contributed by atoms with Crippen molar-refractivity contribution in [2.24, 2.45) is 7.05 Å². The van der Waals surface area contributed by atoms with Gasteiger partial charge in [-0.05, 0) is 44.9 Å². The predicted octanol–water partition coefficient (Wildman–Crippen LogP) is 3.86. The van der Waals surface area contributed by atoms with E-state index in [1.807, 2.05) is 50.7 Å². The molecule has 5 aromatic rings. The second kappa shape index (κ2) is 8.26. The molecule has 0 saturated carbocycles. The van der Waals surface area contributed by atoms with Crippen molar-refractivity contribution in [1.29, 1.82) is 0 Å². The number of aryl methyl sites for hydroxylation is 3.